The van der Waals surface area contributed by atoms with Gasteiger partial charge in [-0.2, -0.15) is 0 Å². The summed E-state index contributed by atoms with van der Waals surface area (Å²) < 4.78 is 23.7. The first kappa shape index (κ1) is 20.1. The molecule has 0 spiro atoms. The maximum Gasteiger partial charge on any atom is 0.193 e. The summed E-state index contributed by atoms with van der Waals surface area (Å²) in [6, 6.07) is 8.73. The van der Waals surface area contributed by atoms with E-state index in [0.29, 0.717) is 19.6 Å². The van der Waals surface area contributed by atoms with Gasteiger partial charge in [-0.05, 0) is 50.9 Å². The summed E-state index contributed by atoms with van der Waals surface area (Å²) >= 11 is 0. The zero-order valence-electron chi connectivity index (χ0n) is 16.7. The van der Waals surface area contributed by atoms with Crippen LogP contribution in [-0.4, -0.2) is 67.9 Å². The molecule has 0 saturated carbocycles. The van der Waals surface area contributed by atoms with E-state index in [9.17, 15) is 8.42 Å². The van der Waals surface area contributed by atoms with Crippen LogP contribution in [0.2, 0.25) is 0 Å². The second-order valence-electron chi connectivity index (χ2n) is 8.20. The normalized spacial score (nSPS) is 22.8. The highest BCUT2D eigenvalue weighted by molar-refractivity contribution is 7.92. The monoisotopic (exact) mass is 392 g/mol. The van der Waals surface area contributed by atoms with Crippen LogP contribution < -0.4 is 5.32 Å². The van der Waals surface area contributed by atoms with Gasteiger partial charge in [-0.3, -0.25) is 9.89 Å². The van der Waals surface area contributed by atoms with Gasteiger partial charge in [-0.1, -0.05) is 24.3 Å². The Kier molecular flexibility index (Phi) is 6.11. The Labute approximate surface area is 163 Å². The molecule has 27 heavy (non-hydrogen) atoms. The van der Waals surface area contributed by atoms with Crippen LogP contribution in [0.3, 0.4) is 0 Å². The van der Waals surface area contributed by atoms with Crippen molar-refractivity contribution in [3.8, 4) is 0 Å². The van der Waals surface area contributed by atoms with Gasteiger partial charge >= 0.3 is 0 Å². The van der Waals surface area contributed by atoms with E-state index in [2.05, 4.69) is 39.5 Å². The van der Waals surface area contributed by atoms with Crippen molar-refractivity contribution in [3.05, 3.63) is 35.4 Å². The van der Waals surface area contributed by atoms with Gasteiger partial charge < -0.3 is 10.2 Å². The molecular weight excluding hydrogens is 360 g/mol. The SMILES string of the molecule is CN=C(NCc1ccc(CN2CCCC2)cc1)N1CCS(=O)(=O)C(C)(C)C1. The second kappa shape index (κ2) is 8.19. The van der Waals surface area contributed by atoms with Crippen molar-refractivity contribution in [2.45, 2.75) is 44.5 Å². The van der Waals surface area contributed by atoms with E-state index >= 15 is 0 Å². The lowest BCUT2D eigenvalue weighted by atomic mass is 10.1. The summed E-state index contributed by atoms with van der Waals surface area (Å²) in [6.07, 6.45) is 2.63. The van der Waals surface area contributed by atoms with E-state index < -0.39 is 14.6 Å². The molecule has 2 aliphatic rings. The molecule has 2 saturated heterocycles. The Morgan fingerprint density at radius 2 is 1.74 bits per heavy atom. The van der Waals surface area contributed by atoms with Crippen LogP contribution in [0.5, 0.6) is 0 Å². The summed E-state index contributed by atoms with van der Waals surface area (Å²) in [4.78, 5) is 8.90. The van der Waals surface area contributed by atoms with Crippen molar-refractivity contribution in [2.75, 3.05) is 39.0 Å². The molecule has 2 heterocycles. The highest BCUT2D eigenvalue weighted by Gasteiger charge is 2.40. The molecule has 1 N–H and O–H groups in total. The molecule has 0 unspecified atom stereocenters. The number of hydrogen-bond donors (Lipinski definition) is 1. The molecule has 1 aromatic rings. The molecule has 7 heteroatoms. The molecule has 0 atom stereocenters. The molecule has 2 aliphatic heterocycles. The smallest absolute Gasteiger partial charge is 0.193 e. The quantitative estimate of drug-likeness (QED) is 0.626. The van der Waals surface area contributed by atoms with Gasteiger partial charge in [-0.25, -0.2) is 8.42 Å². The van der Waals surface area contributed by atoms with Crippen molar-refractivity contribution in [1.82, 2.24) is 15.1 Å². The van der Waals surface area contributed by atoms with Gasteiger partial charge in [0.2, 0.25) is 0 Å². The number of hydrogen-bond acceptors (Lipinski definition) is 4. The minimum absolute atomic E-state index is 0.173. The maximum atomic E-state index is 12.2. The molecule has 0 bridgehead atoms. The van der Waals surface area contributed by atoms with Crippen LogP contribution in [0.1, 0.15) is 37.8 Å². The molecular formula is C20H32N4O2S. The van der Waals surface area contributed by atoms with Crippen molar-refractivity contribution >= 4 is 15.8 Å². The van der Waals surface area contributed by atoms with Gasteiger partial charge in [0.1, 0.15) is 0 Å². The van der Waals surface area contributed by atoms with Gasteiger partial charge in [-0.15, -0.1) is 0 Å². The Bertz CT molecular complexity index is 766. The van der Waals surface area contributed by atoms with Gasteiger partial charge in [0.25, 0.3) is 0 Å². The van der Waals surface area contributed by atoms with E-state index in [1.807, 2.05) is 4.90 Å². The zero-order valence-corrected chi connectivity index (χ0v) is 17.6. The number of sulfone groups is 1. The van der Waals surface area contributed by atoms with Crippen molar-refractivity contribution in [1.29, 1.82) is 0 Å². The summed E-state index contributed by atoms with van der Waals surface area (Å²) in [7, 11) is -1.30. The first-order valence-electron chi connectivity index (χ1n) is 9.79. The number of nitrogens with one attached hydrogen (secondary N) is 1. The topological polar surface area (TPSA) is 65.0 Å². The predicted octanol–water partition coefficient (Wildman–Crippen LogP) is 1.87. The lowest BCUT2D eigenvalue weighted by Gasteiger charge is -2.39. The largest absolute Gasteiger partial charge is 0.352 e. The van der Waals surface area contributed by atoms with Crippen molar-refractivity contribution in [2.24, 2.45) is 4.99 Å². The Hall–Kier alpha value is -1.60. The lowest BCUT2D eigenvalue weighted by Crippen LogP contribution is -2.57. The Morgan fingerprint density at radius 1 is 1.11 bits per heavy atom. The summed E-state index contributed by atoms with van der Waals surface area (Å²) in [6.45, 7) is 8.67. The first-order valence-corrected chi connectivity index (χ1v) is 11.4. The molecule has 0 aromatic heterocycles. The summed E-state index contributed by atoms with van der Waals surface area (Å²) in [5.41, 5.74) is 2.55. The van der Waals surface area contributed by atoms with Crippen molar-refractivity contribution in [3.63, 3.8) is 0 Å². The predicted molar refractivity (Wildman–Crippen MR) is 111 cm³/mol. The van der Waals surface area contributed by atoms with Crippen LogP contribution in [0.4, 0.5) is 0 Å². The van der Waals surface area contributed by atoms with Crippen molar-refractivity contribution < 1.29 is 8.42 Å². The summed E-state index contributed by atoms with van der Waals surface area (Å²) in [5, 5.41) is 3.38. The fraction of sp³-hybridized carbons (Fsp3) is 0.650. The molecule has 150 valence electrons. The third kappa shape index (κ3) is 4.82. The number of rotatable bonds is 4. The van der Waals surface area contributed by atoms with Gasteiger partial charge in [0, 0.05) is 33.2 Å². The van der Waals surface area contributed by atoms with Crippen LogP contribution in [-0.2, 0) is 22.9 Å². The lowest BCUT2D eigenvalue weighted by molar-refractivity contribution is 0.331. The Balaban J connectivity index is 1.55. The highest BCUT2D eigenvalue weighted by Crippen LogP contribution is 2.23. The van der Waals surface area contributed by atoms with Gasteiger partial charge in [0.15, 0.2) is 15.8 Å². The molecule has 3 rings (SSSR count). The standard InChI is InChI=1S/C20H32N4O2S/c1-20(2)16-24(12-13-27(20,25)26)19(21-3)22-14-17-6-8-18(9-7-17)15-23-10-4-5-11-23/h6-9H,4-5,10-16H2,1-3H3,(H,21,22). The van der Waals surface area contributed by atoms with Crippen LogP contribution >= 0.6 is 0 Å². The average Bonchev–Trinajstić information content (AvgIpc) is 3.13. The summed E-state index contributed by atoms with van der Waals surface area (Å²) in [5.74, 6) is 0.936. The molecule has 1 aromatic carbocycles. The van der Waals surface area contributed by atoms with Crippen LogP contribution in [0, 0.1) is 0 Å². The van der Waals surface area contributed by atoms with Gasteiger partial charge in [0.05, 0.1) is 10.5 Å². The number of aliphatic imine (C=N–C) groups is 1. The fourth-order valence-electron chi connectivity index (χ4n) is 3.80. The van der Waals surface area contributed by atoms with E-state index in [4.69, 9.17) is 0 Å². The minimum atomic E-state index is -3.05. The number of nitrogens with zero attached hydrogens (tertiary/aromatic N) is 3. The zero-order chi connectivity index (χ0) is 19.5. The average molecular weight is 393 g/mol. The third-order valence-corrected chi connectivity index (χ3v) is 8.17. The van der Waals surface area contributed by atoms with E-state index in [1.165, 1.54) is 37.1 Å². The Morgan fingerprint density at radius 3 is 2.33 bits per heavy atom. The van der Waals surface area contributed by atoms with E-state index in [1.54, 1.807) is 20.9 Å². The molecule has 6 nitrogen and oxygen atoms in total. The fourth-order valence-corrected chi connectivity index (χ4v) is 5.17. The molecule has 0 amide bonds. The first-order chi connectivity index (χ1) is 12.8. The second-order valence-corrected chi connectivity index (χ2v) is 10.9. The van der Waals surface area contributed by atoms with Crippen LogP contribution in [0.15, 0.2) is 29.3 Å². The maximum absolute atomic E-state index is 12.2. The highest BCUT2D eigenvalue weighted by atomic mass is 32.2. The van der Waals surface area contributed by atoms with E-state index in [0.717, 1.165) is 12.5 Å². The minimum Gasteiger partial charge on any atom is -0.352 e. The molecule has 2 fully saturated rings. The number of likely N-dealkylation sites (tertiary alicyclic amines) is 1. The van der Waals surface area contributed by atoms with E-state index in [-0.39, 0.29) is 5.75 Å². The third-order valence-electron chi connectivity index (χ3n) is 5.63. The molecule has 0 aliphatic carbocycles. The number of guanidine groups is 1. The molecule has 0 radical (unpaired) electrons. The van der Waals surface area contributed by atoms with Crippen LogP contribution in [0.25, 0.3) is 0 Å². The number of benzene rings is 1.